The molecule has 0 atom stereocenters. The standard InChI is InChI=1S/C15H18O3/c1-11(16)13-7-4-8-14(9-13)18-10-15(17)12-5-2-3-6-12/h4,7-9,12H,2-3,5-6,10H2,1H3. The highest BCUT2D eigenvalue weighted by Crippen LogP contribution is 2.25. The Hall–Kier alpha value is -1.64. The zero-order valence-electron chi connectivity index (χ0n) is 10.6. The Labute approximate surface area is 107 Å². The van der Waals surface area contributed by atoms with Crippen molar-refractivity contribution in [2.45, 2.75) is 32.6 Å². The topological polar surface area (TPSA) is 43.4 Å². The molecule has 0 aliphatic heterocycles. The molecule has 18 heavy (non-hydrogen) atoms. The average Bonchev–Trinajstić information content (AvgIpc) is 2.90. The van der Waals surface area contributed by atoms with Crippen LogP contribution < -0.4 is 4.74 Å². The van der Waals surface area contributed by atoms with Crippen molar-refractivity contribution in [3.8, 4) is 5.75 Å². The Morgan fingerprint density at radius 2 is 2.00 bits per heavy atom. The molecule has 2 rings (SSSR count). The number of ketones is 2. The highest BCUT2D eigenvalue weighted by Gasteiger charge is 2.22. The van der Waals surface area contributed by atoms with Gasteiger partial charge < -0.3 is 4.74 Å². The first-order valence-electron chi connectivity index (χ1n) is 6.43. The van der Waals surface area contributed by atoms with Crippen LogP contribution >= 0.6 is 0 Å². The number of hydrogen-bond donors (Lipinski definition) is 0. The fourth-order valence-electron chi connectivity index (χ4n) is 2.32. The van der Waals surface area contributed by atoms with Crippen LogP contribution in [0.15, 0.2) is 24.3 Å². The largest absolute Gasteiger partial charge is 0.486 e. The quantitative estimate of drug-likeness (QED) is 0.750. The van der Waals surface area contributed by atoms with Crippen molar-refractivity contribution >= 4 is 11.6 Å². The second-order valence-electron chi connectivity index (χ2n) is 4.82. The molecule has 0 radical (unpaired) electrons. The summed E-state index contributed by atoms with van der Waals surface area (Å²) in [5.41, 5.74) is 0.612. The molecule has 0 spiro atoms. The fraction of sp³-hybridized carbons (Fsp3) is 0.467. The van der Waals surface area contributed by atoms with Crippen molar-refractivity contribution in [2.24, 2.45) is 5.92 Å². The van der Waals surface area contributed by atoms with Gasteiger partial charge in [0.1, 0.15) is 12.4 Å². The third-order valence-electron chi connectivity index (χ3n) is 3.43. The molecule has 0 saturated heterocycles. The molecule has 3 heteroatoms. The molecular weight excluding hydrogens is 228 g/mol. The van der Waals surface area contributed by atoms with E-state index in [0.29, 0.717) is 11.3 Å². The van der Waals surface area contributed by atoms with E-state index < -0.39 is 0 Å². The van der Waals surface area contributed by atoms with E-state index in [-0.39, 0.29) is 24.1 Å². The van der Waals surface area contributed by atoms with Crippen LogP contribution in [0.2, 0.25) is 0 Å². The van der Waals surface area contributed by atoms with Crippen LogP contribution in [0.1, 0.15) is 43.0 Å². The zero-order chi connectivity index (χ0) is 13.0. The molecule has 0 bridgehead atoms. The molecule has 1 aromatic carbocycles. The first kappa shape index (κ1) is 12.8. The van der Waals surface area contributed by atoms with Crippen molar-refractivity contribution in [1.82, 2.24) is 0 Å². The Morgan fingerprint density at radius 3 is 2.67 bits per heavy atom. The molecule has 3 nitrogen and oxygen atoms in total. The summed E-state index contributed by atoms with van der Waals surface area (Å²) in [6.45, 7) is 1.63. The maximum absolute atomic E-state index is 11.8. The van der Waals surface area contributed by atoms with Gasteiger partial charge in [0.15, 0.2) is 11.6 Å². The predicted molar refractivity (Wildman–Crippen MR) is 68.9 cm³/mol. The predicted octanol–water partition coefficient (Wildman–Crippen LogP) is 3.03. The van der Waals surface area contributed by atoms with Crippen molar-refractivity contribution in [1.29, 1.82) is 0 Å². The maximum Gasteiger partial charge on any atom is 0.173 e. The van der Waals surface area contributed by atoms with Crippen LogP contribution in [0.4, 0.5) is 0 Å². The Morgan fingerprint density at radius 1 is 1.28 bits per heavy atom. The van der Waals surface area contributed by atoms with Gasteiger partial charge in [-0.25, -0.2) is 0 Å². The maximum atomic E-state index is 11.8. The third-order valence-corrected chi connectivity index (χ3v) is 3.43. The lowest BCUT2D eigenvalue weighted by Crippen LogP contribution is -2.19. The van der Waals surface area contributed by atoms with Crippen LogP contribution in [0.3, 0.4) is 0 Å². The van der Waals surface area contributed by atoms with E-state index in [1.807, 2.05) is 0 Å². The summed E-state index contributed by atoms with van der Waals surface area (Å²) in [6.07, 6.45) is 4.29. The minimum atomic E-state index is 0.00238. The van der Waals surface area contributed by atoms with Gasteiger partial charge in [-0.1, -0.05) is 25.0 Å². The lowest BCUT2D eigenvalue weighted by molar-refractivity contribution is -0.124. The minimum absolute atomic E-state index is 0.00238. The SMILES string of the molecule is CC(=O)c1cccc(OCC(=O)C2CCCC2)c1. The smallest absolute Gasteiger partial charge is 0.173 e. The number of rotatable bonds is 5. The molecule has 1 aromatic rings. The van der Waals surface area contributed by atoms with Gasteiger partial charge in [-0.15, -0.1) is 0 Å². The lowest BCUT2D eigenvalue weighted by Gasteiger charge is -2.10. The lowest BCUT2D eigenvalue weighted by atomic mass is 10.0. The Bertz CT molecular complexity index is 445. The summed E-state index contributed by atoms with van der Waals surface area (Å²) >= 11 is 0. The summed E-state index contributed by atoms with van der Waals surface area (Å²) in [5, 5.41) is 0. The monoisotopic (exact) mass is 246 g/mol. The van der Waals surface area contributed by atoms with Gasteiger partial charge >= 0.3 is 0 Å². The first-order valence-corrected chi connectivity index (χ1v) is 6.43. The van der Waals surface area contributed by atoms with Crippen LogP contribution in [-0.4, -0.2) is 18.2 Å². The third kappa shape index (κ3) is 3.19. The van der Waals surface area contributed by atoms with Crippen molar-refractivity contribution in [2.75, 3.05) is 6.61 Å². The zero-order valence-corrected chi connectivity index (χ0v) is 10.6. The molecule has 0 amide bonds. The van der Waals surface area contributed by atoms with Gasteiger partial charge in [-0.05, 0) is 31.9 Å². The summed E-state index contributed by atoms with van der Waals surface area (Å²) in [6, 6.07) is 6.97. The minimum Gasteiger partial charge on any atom is -0.486 e. The van der Waals surface area contributed by atoms with Gasteiger partial charge in [0, 0.05) is 11.5 Å². The van der Waals surface area contributed by atoms with Crippen LogP contribution in [-0.2, 0) is 4.79 Å². The first-order chi connectivity index (χ1) is 8.66. The van der Waals surface area contributed by atoms with E-state index in [1.165, 1.54) is 6.92 Å². The molecule has 0 heterocycles. The van der Waals surface area contributed by atoms with Crippen molar-refractivity contribution < 1.29 is 14.3 Å². The Kier molecular flexibility index (Phi) is 4.13. The van der Waals surface area contributed by atoms with Crippen LogP contribution in [0.25, 0.3) is 0 Å². The summed E-state index contributed by atoms with van der Waals surface area (Å²) in [5.74, 6) is 0.957. The highest BCUT2D eigenvalue weighted by molar-refractivity contribution is 5.94. The number of Topliss-reactive ketones (excluding diaryl/α,β-unsaturated/α-hetero) is 2. The van der Waals surface area contributed by atoms with Gasteiger partial charge in [0.25, 0.3) is 0 Å². The number of carbonyl (C=O) groups excluding carboxylic acids is 2. The second kappa shape index (κ2) is 5.80. The molecule has 1 saturated carbocycles. The molecule has 96 valence electrons. The van der Waals surface area contributed by atoms with Crippen molar-refractivity contribution in [3.05, 3.63) is 29.8 Å². The van der Waals surface area contributed by atoms with E-state index in [1.54, 1.807) is 24.3 Å². The molecule has 1 fully saturated rings. The second-order valence-corrected chi connectivity index (χ2v) is 4.82. The molecular formula is C15H18O3. The average molecular weight is 246 g/mol. The van der Waals surface area contributed by atoms with E-state index in [9.17, 15) is 9.59 Å². The molecule has 1 aliphatic carbocycles. The normalized spacial score (nSPS) is 15.6. The molecule has 1 aliphatic rings. The van der Waals surface area contributed by atoms with Gasteiger partial charge in [-0.3, -0.25) is 9.59 Å². The van der Waals surface area contributed by atoms with Crippen molar-refractivity contribution in [3.63, 3.8) is 0 Å². The van der Waals surface area contributed by atoms with Gasteiger partial charge in [-0.2, -0.15) is 0 Å². The number of benzene rings is 1. The van der Waals surface area contributed by atoms with E-state index in [0.717, 1.165) is 25.7 Å². The molecule has 0 aromatic heterocycles. The Balaban J connectivity index is 1.91. The van der Waals surface area contributed by atoms with E-state index in [4.69, 9.17) is 4.74 Å². The van der Waals surface area contributed by atoms with E-state index >= 15 is 0 Å². The van der Waals surface area contributed by atoms with Crippen LogP contribution in [0.5, 0.6) is 5.75 Å². The summed E-state index contributed by atoms with van der Waals surface area (Å²) in [4.78, 5) is 23.1. The van der Waals surface area contributed by atoms with E-state index in [2.05, 4.69) is 0 Å². The molecule has 0 N–H and O–H groups in total. The number of ether oxygens (including phenoxy) is 1. The fourth-order valence-corrected chi connectivity index (χ4v) is 2.32. The summed E-state index contributed by atoms with van der Waals surface area (Å²) < 4.78 is 5.47. The van der Waals surface area contributed by atoms with Gasteiger partial charge in [0.05, 0.1) is 0 Å². The van der Waals surface area contributed by atoms with Gasteiger partial charge in [0.2, 0.25) is 0 Å². The highest BCUT2D eigenvalue weighted by atomic mass is 16.5. The van der Waals surface area contributed by atoms with Crippen LogP contribution in [0, 0.1) is 5.92 Å². The molecule has 0 unspecified atom stereocenters. The summed E-state index contributed by atoms with van der Waals surface area (Å²) in [7, 11) is 0. The number of carbonyl (C=O) groups is 2. The number of hydrogen-bond acceptors (Lipinski definition) is 3.